The van der Waals surface area contributed by atoms with Crippen LogP contribution in [0.3, 0.4) is 0 Å². The molecule has 0 aromatic carbocycles. The second-order valence-corrected chi connectivity index (χ2v) is 7.14. The van der Waals surface area contributed by atoms with Gasteiger partial charge in [0.05, 0.1) is 6.20 Å². The van der Waals surface area contributed by atoms with Crippen LogP contribution in [0.15, 0.2) is 18.5 Å². The Balaban J connectivity index is 1.69. The standard InChI is InChI=1S/C17H25N3S/c1-3-18-15(9-8-13-11-19-20(2)12-13)17-10-14-6-4-5-7-16(14)21-17/h10-12,15,18H,3-9H2,1-2H3. The molecule has 1 unspecified atom stereocenters. The van der Waals surface area contributed by atoms with Crippen LogP contribution in [-0.4, -0.2) is 16.3 Å². The van der Waals surface area contributed by atoms with Gasteiger partial charge in [0.25, 0.3) is 0 Å². The van der Waals surface area contributed by atoms with E-state index < -0.39 is 0 Å². The lowest BCUT2D eigenvalue weighted by molar-refractivity contribution is 0.522. The van der Waals surface area contributed by atoms with Gasteiger partial charge in [-0.3, -0.25) is 4.68 Å². The molecule has 2 heterocycles. The number of thiophene rings is 1. The largest absolute Gasteiger partial charge is 0.310 e. The van der Waals surface area contributed by atoms with Crippen LogP contribution in [0.25, 0.3) is 0 Å². The van der Waals surface area contributed by atoms with Gasteiger partial charge < -0.3 is 5.32 Å². The number of fused-ring (bicyclic) bond motifs is 1. The summed E-state index contributed by atoms with van der Waals surface area (Å²) in [6, 6.07) is 2.96. The van der Waals surface area contributed by atoms with Gasteiger partial charge in [-0.1, -0.05) is 6.92 Å². The molecule has 2 aromatic heterocycles. The van der Waals surface area contributed by atoms with E-state index in [0.29, 0.717) is 6.04 Å². The van der Waals surface area contributed by atoms with Crippen molar-refractivity contribution in [3.63, 3.8) is 0 Å². The Hall–Kier alpha value is -1.13. The molecule has 2 aromatic rings. The van der Waals surface area contributed by atoms with E-state index in [-0.39, 0.29) is 0 Å². The molecule has 0 spiro atoms. The van der Waals surface area contributed by atoms with Gasteiger partial charge in [-0.15, -0.1) is 11.3 Å². The molecule has 4 heteroatoms. The molecule has 1 N–H and O–H groups in total. The van der Waals surface area contributed by atoms with Crippen LogP contribution in [0.5, 0.6) is 0 Å². The van der Waals surface area contributed by atoms with Gasteiger partial charge in [0.1, 0.15) is 0 Å². The molecule has 21 heavy (non-hydrogen) atoms. The van der Waals surface area contributed by atoms with E-state index in [2.05, 4.69) is 29.6 Å². The molecular weight excluding hydrogens is 278 g/mol. The number of aromatic nitrogens is 2. The van der Waals surface area contributed by atoms with Crippen molar-refractivity contribution in [1.29, 1.82) is 0 Å². The smallest absolute Gasteiger partial charge is 0.0521 e. The molecule has 1 aliphatic rings. The zero-order chi connectivity index (χ0) is 14.7. The average molecular weight is 303 g/mol. The summed E-state index contributed by atoms with van der Waals surface area (Å²) >= 11 is 2.04. The number of nitrogens with zero attached hydrogens (tertiary/aromatic N) is 2. The molecular formula is C17H25N3S. The Labute approximate surface area is 131 Å². The second-order valence-electron chi connectivity index (χ2n) is 5.98. The quantitative estimate of drug-likeness (QED) is 0.883. The third-order valence-corrected chi connectivity index (χ3v) is 5.64. The molecule has 0 fully saturated rings. The summed E-state index contributed by atoms with van der Waals surface area (Å²) in [6.07, 6.45) is 11.7. The van der Waals surface area contributed by atoms with Gasteiger partial charge in [0.15, 0.2) is 0 Å². The van der Waals surface area contributed by atoms with E-state index in [0.717, 1.165) is 19.4 Å². The van der Waals surface area contributed by atoms with Crippen LogP contribution in [0.2, 0.25) is 0 Å². The summed E-state index contributed by atoms with van der Waals surface area (Å²) < 4.78 is 1.89. The van der Waals surface area contributed by atoms with Crippen LogP contribution in [0.4, 0.5) is 0 Å². The van der Waals surface area contributed by atoms with E-state index in [1.54, 1.807) is 10.4 Å². The Morgan fingerprint density at radius 1 is 1.38 bits per heavy atom. The minimum absolute atomic E-state index is 0.491. The summed E-state index contributed by atoms with van der Waals surface area (Å²) in [7, 11) is 1.98. The molecule has 114 valence electrons. The second kappa shape index (κ2) is 6.75. The van der Waals surface area contributed by atoms with E-state index in [1.807, 2.05) is 29.3 Å². The van der Waals surface area contributed by atoms with Gasteiger partial charge in [0, 0.05) is 29.0 Å². The first-order chi connectivity index (χ1) is 10.3. The molecule has 0 saturated heterocycles. The highest BCUT2D eigenvalue weighted by molar-refractivity contribution is 7.12. The topological polar surface area (TPSA) is 29.9 Å². The SMILES string of the molecule is CCNC(CCc1cnn(C)c1)c1cc2c(s1)CCCC2. The van der Waals surface area contributed by atoms with Crippen molar-refractivity contribution in [3.05, 3.63) is 39.3 Å². The lowest BCUT2D eigenvalue weighted by Gasteiger charge is -2.15. The summed E-state index contributed by atoms with van der Waals surface area (Å²) in [5.41, 5.74) is 2.95. The fourth-order valence-electron chi connectivity index (χ4n) is 3.19. The fourth-order valence-corrected chi connectivity index (χ4v) is 4.56. The Kier molecular flexibility index (Phi) is 4.76. The third-order valence-electron chi connectivity index (χ3n) is 4.29. The van der Waals surface area contributed by atoms with E-state index in [1.165, 1.54) is 36.1 Å². The lowest BCUT2D eigenvalue weighted by Crippen LogP contribution is -2.20. The summed E-state index contributed by atoms with van der Waals surface area (Å²) in [4.78, 5) is 3.17. The van der Waals surface area contributed by atoms with Crippen LogP contribution < -0.4 is 5.32 Å². The predicted octanol–water partition coefficient (Wildman–Crippen LogP) is 3.64. The first-order valence-electron chi connectivity index (χ1n) is 8.08. The van der Waals surface area contributed by atoms with Crippen molar-refractivity contribution in [2.24, 2.45) is 7.05 Å². The first kappa shape index (κ1) is 14.8. The molecule has 0 bridgehead atoms. The zero-order valence-electron chi connectivity index (χ0n) is 13.1. The first-order valence-corrected chi connectivity index (χ1v) is 8.90. The highest BCUT2D eigenvalue weighted by Crippen LogP contribution is 2.34. The van der Waals surface area contributed by atoms with Gasteiger partial charge in [0.2, 0.25) is 0 Å². The molecule has 0 amide bonds. The molecule has 1 aliphatic carbocycles. The number of hydrogen-bond acceptors (Lipinski definition) is 3. The molecule has 0 saturated carbocycles. The lowest BCUT2D eigenvalue weighted by atomic mass is 9.98. The van der Waals surface area contributed by atoms with E-state index in [4.69, 9.17) is 0 Å². The Morgan fingerprint density at radius 3 is 2.95 bits per heavy atom. The molecule has 1 atom stereocenters. The van der Waals surface area contributed by atoms with Gasteiger partial charge in [-0.05, 0) is 62.3 Å². The molecule has 0 aliphatic heterocycles. The predicted molar refractivity (Wildman–Crippen MR) is 88.9 cm³/mol. The van der Waals surface area contributed by atoms with Crippen molar-refractivity contribution in [2.45, 2.75) is 51.5 Å². The Bertz CT molecular complexity index is 561. The number of nitrogens with one attached hydrogen (secondary N) is 1. The van der Waals surface area contributed by atoms with Gasteiger partial charge in [-0.25, -0.2) is 0 Å². The maximum Gasteiger partial charge on any atom is 0.0521 e. The normalized spacial score (nSPS) is 15.9. The zero-order valence-corrected chi connectivity index (χ0v) is 13.9. The minimum Gasteiger partial charge on any atom is -0.310 e. The van der Waals surface area contributed by atoms with Gasteiger partial charge in [-0.2, -0.15) is 5.10 Å². The fraction of sp³-hybridized carbons (Fsp3) is 0.588. The summed E-state index contributed by atoms with van der Waals surface area (Å²) in [6.45, 7) is 3.23. The number of hydrogen-bond donors (Lipinski definition) is 1. The molecule has 3 nitrogen and oxygen atoms in total. The highest BCUT2D eigenvalue weighted by atomic mass is 32.1. The average Bonchev–Trinajstić information content (AvgIpc) is 3.09. The minimum atomic E-state index is 0.491. The van der Waals surface area contributed by atoms with Crippen LogP contribution in [-0.2, 0) is 26.3 Å². The highest BCUT2D eigenvalue weighted by Gasteiger charge is 2.18. The Morgan fingerprint density at radius 2 is 2.24 bits per heavy atom. The van der Waals surface area contributed by atoms with E-state index >= 15 is 0 Å². The van der Waals surface area contributed by atoms with Crippen molar-refractivity contribution < 1.29 is 0 Å². The van der Waals surface area contributed by atoms with Crippen LogP contribution in [0.1, 0.15) is 53.1 Å². The summed E-state index contributed by atoms with van der Waals surface area (Å²) in [5, 5.41) is 7.93. The van der Waals surface area contributed by atoms with Crippen molar-refractivity contribution in [3.8, 4) is 0 Å². The van der Waals surface area contributed by atoms with Crippen molar-refractivity contribution in [1.82, 2.24) is 15.1 Å². The van der Waals surface area contributed by atoms with Crippen LogP contribution >= 0.6 is 11.3 Å². The van der Waals surface area contributed by atoms with Gasteiger partial charge >= 0.3 is 0 Å². The summed E-state index contributed by atoms with van der Waals surface area (Å²) in [5.74, 6) is 0. The maximum absolute atomic E-state index is 4.27. The van der Waals surface area contributed by atoms with Crippen LogP contribution in [0, 0.1) is 0 Å². The molecule has 3 rings (SSSR count). The third kappa shape index (κ3) is 3.55. The number of aryl methyl sites for hydroxylation is 4. The van der Waals surface area contributed by atoms with E-state index in [9.17, 15) is 0 Å². The molecule has 0 radical (unpaired) electrons. The van der Waals surface area contributed by atoms with Crippen molar-refractivity contribution in [2.75, 3.05) is 6.54 Å². The van der Waals surface area contributed by atoms with Crippen molar-refractivity contribution >= 4 is 11.3 Å². The maximum atomic E-state index is 4.27. The number of rotatable bonds is 6. The monoisotopic (exact) mass is 303 g/mol.